The summed E-state index contributed by atoms with van der Waals surface area (Å²) in [4.78, 5) is 9.79. The zero-order valence-corrected chi connectivity index (χ0v) is 14.7. The molecular formula is C18H25N3O2S. The van der Waals surface area contributed by atoms with Gasteiger partial charge in [0, 0.05) is 30.6 Å². The second-order valence-corrected chi connectivity index (χ2v) is 7.72. The normalized spacial score (nSPS) is 25.7. The molecule has 2 fully saturated rings. The molecule has 6 heteroatoms. The predicted molar refractivity (Wildman–Crippen MR) is 94.9 cm³/mol. The number of aliphatic hydroxyl groups excluding tert-OH is 1. The number of likely N-dealkylation sites (tertiary alicyclic amines) is 2. The molecule has 4 rings (SSSR count). The van der Waals surface area contributed by atoms with Gasteiger partial charge in [0.2, 0.25) is 0 Å². The van der Waals surface area contributed by atoms with Crippen LogP contribution >= 0.6 is 11.3 Å². The third-order valence-corrected chi connectivity index (χ3v) is 6.21. The molecule has 0 amide bonds. The van der Waals surface area contributed by atoms with E-state index in [1.54, 1.807) is 17.6 Å². The lowest BCUT2D eigenvalue weighted by atomic mass is 10.2. The number of aromatic nitrogens is 1. The molecular weight excluding hydrogens is 322 g/mol. The van der Waals surface area contributed by atoms with Crippen molar-refractivity contribution in [3.8, 4) is 10.8 Å². The highest BCUT2D eigenvalue weighted by atomic mass is 32.1. The summed E-state index contributed by atoms with van der Waals surface area (Å²) in [5.41, 5.74) is 1.14. The SMILES string of the molecule is OCC1CCCN1CC1CCCN1Cc1csc(-c2ccco2)n1. The smallest absolute Gasteiger partial charge is 0.162 e. The summed E-state index contributed by atoms with van der Waals surface area (Å²) in [6.07, 6.45) is 6.57. The molecule has 2 saturated heterocycles. The number of aliphatic hydroxyl groups is 1. The minimum atomic E-state index is 0.297. The van der Waals surface area contributed by atoms with E-state index in [1.807, 2.05) is 12.1 Å². The van der Waals surface area contributed by atoms with E-state index in [0.717, 1.165) is 49.1 Å². The molecule has 2 atom stereocenters. The number of hydrogen-bond acceptors (Lipinski definition) is 6. The third kappa shape index (κ3) is 3.42. The van der Waals surface area contributed by atoms with Crippen molar-refractivity contribution in [1.29, 1.82) is 0 Å². The maximum atomic E-state index is 9.53. The van der Waals surface area contributed by atoms with Gasteiger partial charge in [-0.15, -0.1) is 11.3 Å². The van der Waals surface area contributed by atoms with Gasteiger partial charge in [-0.05, 0) is 50.9 Å². The second kappa shape index (κ2) is 7.35. The van der Waals surface area contributed by atoms with Gasteiger partial charge in [-0.25, -0.2) is 4.98 Å². The van der Waals surface area contributed by atoms with Crippen molar-refractivity contribution in [2.45, 2.75) is 44.3 Å². The van der Waals surface area contributed by atoms with Crippen molar-refractivity contribution in [3.05, 3.63) is 29.5 Å². The van der Waals surface area contributed by atoms with Gasteiger partial charge < -0.3 is 9.52 Å². The van der Waals surface area contributed by atoms with Crippen LogP contribution in [0.25, 0.3) is 10.8 Å². The van der Waals surface area contributed by atoms with Crippen molar-refractivity contribution in [1.82, 2.24) is 14.8 Å². The van der Waals surface area contributed by atoms with E-state index in [1.165, 1.54) is 19.3 Å². The molecule has 0 bridgehead atoms. The number of nitrogens with zero attached hydrogens (tertiary/aromatic N) is 3. The van der Waals surface area contributed by atoms with Crippen LogP contribution in [-0.4, -0.2) is 58.2 Å². The summed E-state index contributed by atoms with van der Waals surface area (Å²) in [7, 11) is 0. The summed E-state index contributed by atoms with van der Waals surface area (Å²) < 4.78 is 5.44. The fourth-order valence-electron chi connectivity index (χ4n) is 4.02. The average molecular weight is 347 g/mol. The Morgan fingerprint density at radius 1 is 1.21 bits per heavy atom. The lowest BCUT2D eigenvalue weighted by Gasteiger charge is -2.30. The molecule has 0 radical (unpaired) electrons. The lowest BCUT2D eigenvalue weighted by Crippen LogP contribution is -2.43. The van der Waals surface area contributed by atoms with Gasteiger partial charge in [-0.2, -0.15) is 0 Å². The minimum Gasteiger partial charge on any atom is -0.462 e. The third-order valence-electron chi connectivity index (χ3n) is 5.30. The van der Waals surface area contributed by atoms with Crippen LogP contribution in [-0.2, 0) is 6.54 Å². The van der Waals surface area contributed by atoms with Crippen molar-refractivity contribution in [3.63, 3.8) is 0 Å². The predicted octanol–water partition coefficient (Wildman–Crippen LogP) is 2.82. The summed E-state index contributed by atoms with van der Waals surface area (Å²) in [5, 5.41) is 12.6. The van der Waals surface area contributed by atoms with Crippen molar-refractivity contribution in [2.24, 2.45) is 0 Å². The maximum absolute atomic E-state index is 9.53. The molecule has 24 heavy (non-hydrogen) atoms. The molecule has 2 aromatic rings. The summed E-state index contributed by atoms with van der Waals surface area (Å²) >= 11 is 1.65. The molecule has 5 nitrogen and oxygen atoms in total. The minimum absolute atomic E-state index is 0.297. The van der Waals surface area contributed by atoms with Crippen LogP contribution in [0.5, 0.6) is 0 Å². The Balaban J connectivity index is 1.38. The number of hydrogen-bond donors (Lipinski definition) is 1. The Hall–Kier alpha value is -1.21. The Kier molecular flexibility index (Phi) is 4.98. The van der Waals surface area contributed by atoms with Crippen LogP contribution in [0.2, 0.25) is 0 Å². The number of thiazole rings is 1. The summed E-state index contributed by atoms with van der Waals surface area (Å²) in [6, 6.07) is 4.83. The lowest BCUT2D eigenvalue weighted by molar-refractivity contribution is 0.119. The Labute approximate surface area is 146 Å². The molecule has 4 heterocycles. The Morgan fingerprint density at radius 2 is 2.04 bits per heavy atom. The van der Waals surface area contributed by atoms with Crippen LogP contribution in [0.4, 0.5) is 0 Å². The summed E-state index contributed by atoms with van der Waals surface area (Å²) in [6.45, 7) is 4.58. The van der Waals surface area contributed by atoms with Crippen LogP contribution in [0, 0.1) is 0 Å². The van der Waals surface area contributed by atoms with Gasteiger partial charge in [0.15, 0.2) is 10.8 Å². The van der Waals surface area contributed by atoms with Crippen molar-refractivity contribution >= 4 is 11.3 Å². The first-order valence-corrected chi connectivity index (χ1v) is 9.78. The quantitative estimate of drug-likeness (QED) is 0.871. The summed E-state index contributed by atoms with van der Waals surface area (Å²) in [5.74, 6) is 0.854. The highest BCUT2D eigenvalue weighted by molar-refractivity contribution is 7.13. The first-order chi connectivity index (χ1) is 11.8. The van der Waals surface area contributed by atoms with Crippen molar-refractivity contribution < 1.29 is 9.52 Å². The Morgan fingerprint density at radius 3 is 2.83 bits per heavy atom. The number of furan rings is 1. The standard InChI is InChI=1S/C18H25N3O2S/c22-12-16-5-2-8-21(16)11-15-4-1-7-20(15)10-14-13-24-18(19-14)17-6-3-9-23-17/h3,6,9,13,15-16,22H,1-2,4-5,7-8,10-12H2. The van der Waals surface area contributed by atoms with E-state index in [4.69, 9.17) is 9.40 Å². The molecule has 2 aliphatic rings. The highest BCUT2D eigenvalue weighted by Crippen LogP contribution is 2.28. The van der Waals surface area contributed by atoms with Gasteiger partial charge in [-0.3, -0.25) is 9.80 Å². The van der Waals surface area contributed by atoms with E-state index in [-0.39, 0.29) is 0 Å². The van der Waals surface area contributed by atoms with Gasteiger partial charge in [0.05, 0.1) is 18.6 Å². The molecule has 2 aromatic heterocycles. The van der Waals surface area contributed by atoms with Crippen LogP contribution in [0.1, 0.15) is 31.4 Å². The highest BCUT2D eigenvalue weighted by Gasteiger charge is 2.31. The largest absolute Gasteiger partial charge is 0.462 e. The van der Waals surface area contributed by atoms with Gasteiger partial charge >= 0.3 is 0 Å². The first kappa shape index (κ1) is 16.3. The monoisotopic (exact) mass is 347 g/mol. The van der Waals surface area contributed by atoms with Crippen LogP contribution in [0.15, 0.2) is 28.2 Å². The molecule has 0 aromatic carbocycles. The fourth-order valence-corrected chi connectivity index (χ4v) is 4.80. The molecule has 0 spiro atoms. The zero-order valence-electron chi connectivity index (χ0n) is 13.9. The molecule has 1 N–H and O–H groups in total. The molecule has 0 aliphatic carbocycles. The van der Waals surface area contributed by atoms with E-state index >= 15 is 0 Å². The van der Waals surface area contributed by atoms with E-state index in [0.29, 0.717) is 18.7 Å². The van der Waals surface area contributed by atoms with Gasteiger partial charge in [-0.1, -0.05) is 0 Å². The molecule has 2 aliphatic heterocycles. The van der Waals surface area contributed by atoms with E-state index < -0.39 is 0 Å². The van der Waals surface area contributed by atoms with Crippen LogP contribution in [0.3, 0.4) is 0 Å². The Bertz CT molecular complexity index is 642. The molecule has 0 saturated carbocycles. The van der Waals surface area contributed by atoms with Gasteiger partial charge in [0.1, 0.15) is 0 Å². The zero-order chi connectivity index (χ0) is 16.4. The average Bonchev–Trinajstić information content (AvgIpc) is 3.36. The van der Waals surface area contributed by atoms with Crippen LogP contribution < -0.4 is 0 Å². The number of rotatable bonds is 6. The topological polar surface area (TPSA) is 52.7 Å². The molecule has 2 unspecified atom stereocenters. The van der Waals surface area contributed by atoms with Crippen molar-refractivity contribution in [2.75, 3.05) is 26.2 Å². The first-order valence-electron chi connectivity index (χ1n) is 8.90. The maximum Gasteiger partial charge on any atom is 0.162 e. The second-order valence-electron chi connectivity index (χ2n) is 6.86. The van der Waals surface area contributed by atoms with E-state index in [9.17, 15) is 5.11 Å². The molecule has 130 valence electrons. The fraction of sp³-hybridized carbons (Fsp3) is 0.611. The van der Waals surface area contributed by atoms with E-state index in [2.05, 4.69) is 15.2 Å². The van der Waals surface area contributed by atoms with Gasteiger partial charge in [0.25, 0.3) is 0 Å².